The normalized spacial score (nSPS) is 10.4. The maximum absolute atomic E-state index is 12.0. The van der Waals surface area contributed by atoms with Gasteiger partial charge < -0.3 is 5.32 Å². The summed E-state index contributed by atoms with van der Waals surface area (Å²) < 4.78 is 0. The molecule has 0 bridgehead atoms. The number of hydrogen-bond acceptors (Lipinski definition) is 4. The Hall–Kier alpha value is -2.53. The van der Waals surface area contributed by atoms with Gasteiger partial charge in [0.25, 0.3) is 0 Å². The van der Waals surface area contributed by atoms with Gasteiger partial charge in [-0.15, -0.1) is 11.3 Å². The monoisotopic (exact) mass is 309 g/mol. The highest BCUT2D eigenvalue weighted by Crippen LogP contribution is 2.19. The molecule has 4 nitrogen and oxygen atoms in total. The fraction of sp³-hybridized carbons (Fsp3) is 0.118. The molecule has 1 aromatic carbocycles. The zero-order valence-corrected chi connectivity index (χ0v) is 12.9. The first-order chi connectivity index (χ1) is 10.7. The van der Waals surface area contributed by atoms with Crippen molar-refractivity contribution in [1.82, 2.24) is 9.97 Å². The van der Waals surface area contributed by atoms with Gasteiger partial charge in [0.05, 0.1) is 6.42 Å². The van der Waals surface area contributed by atoms with Crippen molar-refractivity contribution in [3.05, 3.63) is 65.4 Å². The molecule has 0 radical (unpaired) electrons. The molecule has 5 heteroatoms. The molecule has 2 heterocycles. The van der Waals surface area contributed by atoms with E-state index in [1.807, 2.05) is 49.5 Å². The van der Waals surface area contributed by atoms with E-state index >= 15 is 0 Å². The van der Waals surface area contributed by atoms with Crippen molar-refractivity contribution in [3.63, 3.8) is 0 Å². The summed E-state index contributed by atoms with van der Waals surface area (Å²) in [5, 5.41) is 3.46. The van der Waals surface area contributed by atoms with Gasteiger partial charge in [0.15, 0.2) is 5.13 Å². The minimum Gasteiger partial charge on any atom is -0.302 e. The Morgan fingerprint density at radius 1 is 1.14 bits per heavy atom. The Morgan fingerprint density at radius 2 is 1.95 bits per heavy atom. The molecule has 0 unspecified atom stereocenters. The third kappa shape index (κ3) is 3.56. The van der Waals surface area contributed by atoms with E-state index < -0.39 is 0 Å². The molecule has 3 aromatic rings. The summed E-state index contributed by atoms with van der Waals surface area (Å²) in [6.45, 7) is 1.96. The number of rotatable bonds is 4. The average molecular weight is 309 g/mol. The van der Waals surface area contributed by atoms with Gasteiger partial charge >= 0.3 is 0 Å². The second-order valence-electron chi connectivity index (χ2n) is 4.94. The lowest BCUT2D eigenvalue weighted by molar-refractivity contribution is -0.115. The molecule has 0 saturated carbocycles. The summed E-state index contributed by atoms with van der Waals surface area (Å²) in [6.07, 6.45) is 5.67. The van der Waals surface area contributed by atoms with E-state index in [1.54, 1.807) is 12.4 Å². The standard InChI is InChI=1S/C17H15N3OS/c1-12-10-19-17(22-12)20-16(21)9-13-4-6-14(7-5-13)15-3-2-8-18-11-15/h2-8,10-11H,9H2,1H3,(H,19,20,21). The highest BCUT2D eigenvalue weighted by molar-refractivity contribution is 7.15. The number of carbonyl (C=O) groups excluding carboxylic acids is 1. The van der Waals surface area contributed by atoms with Crippen LogP contribution < -0.4 is 5.32 Å². The predicted octanol–water partition coefficient (Wildman–Crippen LogP) is 3.69. The number of hydrogen-bond donors (Lipinski definition) is 1. The van der Waals surface area contributed by atoms with E-state index in [0.717, 1.165) is 21.6 Å². The van der Waals surface area contributed by atoms with Crippen molar-refractivity contribution in [1.29, 1.82) is 0 Å². The number of benzene rings is 1. The van der Waals surface area contributed by atoms with E-state index in [2.05, 4.69) is 15.3 Å². The first-order valence-corrected chi connectivity index (χ1v) is 7.74. The van der Waals surface area contributed by atoms with Crippen LogP contribution in [-0.4, -0.2) is 15.9 Å². The molecule has 0 fully saturated rings. The molecule has 1 N–H and O–H groups in total. The van der Waals surface area contributed by atoms with E-state index in [1.165, 1.54) is 11.3 Å². The van der Waals surface area contributed by atoms with Gasteiger partial charge in [-0.3, -0.25) is 9.78 Å². The average Bonchev–Trinajstić information content (AvgIpc) is 2.94. The number of aromatic nitrogens is 2. The van der Waals surface area contributed by atoms with Crippen LogP contribution in [0.2, 0.25) is 0 Å². The Kier molecular flexibility index (Phi) is 4.25. The van der Waals surface area contributed by atoms with Crippen LogP contribution >= 0.6 is 11.3 Å². The summed E-state index contributed by atoms with van der Waals surface area (Å²) in [7, 11) is 0. The lowest BCUT2D eigenvalue weighted by Crippen LogP contribution is -2.14. The number of thiazole rings is 1. The van der Waals surface area contributed by atoms with Crippen molar-refractivity contribution in [2.24, 2.45) is 0 Å². The second kappa shape index (κ2) is 6.49. The largest absolute Gasteiger partial charge is 0.302 e. The molecule has 1 amide bonds. The van der Waals surface area contributed by atoms with Gasteiger partial charge in [0.2, 0.25) is 5.91 Å². The van der Waals surface area contributed by atoms with Crippen LogP contribution in [0.5, 0.6) is 0 Å². The van der Waals surface area contributed by atoms with Gasteiger partial charge in [-0.2, -0.15) is 0 Å². The molecule has 0 aliphatic carbocycles. The van der Waals surface area contributed by atoms with Crippen molar-refractivity contribution >= 4 is 22.4 Å². The number of nitrogens with zero attached hydrogens (tertiary/aromatic N) is 2. The summed E-state index contributed by atoms with van der Waals surface area (Å²) in [5.74, 6) is -0.0523. The summed E-state index contributed by atoms with van der Waals surface area (Å²) in [5.41, 5.74) is 3.13. The molecule has 110 valence electrons. The first kappa shape index (κ1) is 14.4. The molecular formula is C17H15N3OS. The first-order valence-electron chi connectivity index (χ1n) is 6.92. The molecule has 0 saturated heterocycles. The van der Waals surface area contributed by atoms with Gasteiger partial charge in [-0.25, -0.2) is 4.98 Å². The summed E-state index contributed by atoms with van der Waals surface area (Å²) in [6, 6.07) is 11.9. The number of nitrogens with one attached hydrogen (secondary N) is 1. The number of anilines is 1. The molecule has 2 aromatic heterocycles. The van der Waals surface area contributed by atoms with Crippen LogP contribution in [-0.2, 0) is 11.2 Å². The van der Waals surface area contributed by atoms with Crippen LogP contribution in [0.3, 0.4) is 0 Å². The minimum atomic E-state index is -0.0523. The third-order valence-corrected chi connectivity index (χ3v) is 4.01. The lowest BCUT2D eigenvalue weighted by Gasteiger charge is -2.04. The van der Waals surface area contributed by atoms with Gasteiger partial charge in [0, 0.05) is 23.5 Å². The Balaban J connectivity index is 1.65. The molecule has 22 heavy (non-hydrogen) atoms. The molecule has 3 rings (SSSR count). The number of pyridine rings is 1. The zero-order valence-electron chi connectivity index (χ0n) is 12.1. The maximum Gasteiger partial charge on any atom is 0.230 e. The topological polar surface area (TPSA) is 54.9 Å². The maximum atomic E-state index is 12.0. The fourth-order valence-electron chi connectivity index (χ4n) is 2.11. The quantitative estimate of drug-likeness (QED) is 0.799. The molecule has 0 aliphatic heterocycles. The van der Waals surface area contributed by atoms with Crippen LogP contribution in [0.15, 0.2) is 55.0 Å². The molecular weight excluding hydrogens is 294 g/mol. The van der Waals surface area contributed by atoms with Crippen molar-refractivity contribution in [3.8, 4) is 11.1 Å². The second-order valence-corrected chi connectivity index (χ2v) is 6.17. The highest BCUT2D eigenvalue weighted by Gasteiger charge is 2.07. The summed E-state index contributed by atoms with van der Waals surface area (Å²) >= 11 is 1.48. The van der Waals surface area contributed by atoms with E-state index in [9.17, 15) is 4.79 Å². The fourth-order valence-corrected chi connectivity index (χ4v) is 2.79. The minimum absolute atomic E-state index is 0.0523. The number of aryl methyl sites for hydroxylation is 1. The van der Waals surface area contributed by atoms with Crippen molar-refractivity contribution < 1.29 is 4.79 Å². The smallest absolute Gasteiger partial charge is 0.230 e. The lowest BCUT2D eigenvalue weighted by atomic mass is 10.0. The van der Waals surface area contributed by atoms with Crippen molar-refractivity contribution in [2.45, 2.75) is 13.3 Å². The van der Waals surface area contributed by atoms with Gasteiger partial charge in [-0.05, 0) is 29.7 Å². The number of amides is 1. The van der Waals surface area contributed by atoms with Gasteiger partial charge in [0.1, 0.15) is 0 Å². The molecule has 0 aliphatic rings. The van der Waals surface area contributed by atoms with E-state index in [0.29, 0.717) is 11.6 Å². The SMILES string of the molecule is Cc1cnc(NC(=O)Cc2ccc(-c3cccnc3)cc2)s1. The number of carbonyl (C=O) groups is 1. The van der Waals surface area contributed by atoms with Crippen LogP contribution in [0, 0.1) is 6.92 Å². The Morgan fingerprint density at radius 3 is 2.59 bits per heavy atom. The Bertz CT molecular complexity index is 766. The predicted molar refractivity (Wildman–Crippen MR) is 88.9 cm³/mol. The van der Waals surface area contributed by atoms with E-state index in [4.69, 9.17) is 0 Å². The Labute approximate surface area is 132 Å². The zero-order chi connectivity index (χ0) is 15.4. The van der Waals surface area contributed by atoms with Crippen LogP contribution in [0.4, 0.5) is 5.13 Å². The summed E-state index contributed by atoms with van der Waals surface area (Å²) in [4.78, 5) is 21.3. The van der Waals surface area contributed by atoms with Crippen LogP contribution in [0.1, 0.15) is 10.4 Å². The van der Waals surface area contributed by atoms with E-state index in [-0.39, 0.29) is 5.91 Å². The third-order valence-electron chi connectivity index (χ3n) is 3.18. The highest BCUT2D eigenvalue weighted by atomic mass is 32.1. The van der Waals surface area contributed by atoms with Crippen molar-refractivity contribution in [2.75, 3.05) is 5.32 Å². The molecule has 0 atom stereocenters. The molecule has 0 spiro atoms. The van der Waals surface area contributed by atoms with Crippen LogP contribution in [0.25, 0.3) is 11.1 Å². The van der Waals surface area contributed by atoms with Gasteiger partial charge in [-0.1, -0.05) is 30.3 Å².